The van der Waals surface area contributed by atoms with Crippen LogP contribution in [0.5, 0.6) is 5.75 Å². The smallest absolute Gasteiger partial charge is 0.131 e. The molecule has 0 bridgehead atoms. The monoisotopic (exact) mass is 277 g/mol. The van der Waals surface area contributed by atoms with E-state index in [-0.39, 0.29) is 11.9 Å². The van der Waals surface area contributed by atoms with Gasteiger partial charge in [0.1, 0.15) is 18.2 Å². The first-order valence-electron chi connectivity index (χ1n) is 6.71. The van der Waals surface area contributed by atoms with E-state index in [1.165, 1.54) is 6.07 Å². The van der Waals surface area contributed by atoms with Crippen LogP contribution in [0.2, 0.25) is 0 Å². The van der Waals surface area contributed by atoms with Crippen molar-refractivity contribution in [3.8, 4) is 5.75 Å². The fourth-order valence-electron chi connectivity index (χ4n) is 2.00. The standard InChI is InChI=1S/C15H20FN3O/c1-4-11-7-12(19(3)18-11)9-20-13-5-6-14(10(2)17)15(16)8-13/h5-8,10H,4,9,17H2,1-3H3/t10-/m0/s1. The van der Waals surface area contributed by atoms with Crippen molar-refractivity contribution in [3.05, 3.63) is 47.0 Å². The summed E-state index contributed by atoms with van der Waals surface area (Å²) in [5.74, 6) is 0.155. The number of ether oxygens (including phenoxy) is 1. The highest BCUT2D eigenvalue weighted by atomic mass is 19.1. The molecule has 0 radical (unpaired) electrons. The van der Waals surface area contributed by atoms with Gasteiger partial charge in [0.25, 0.3) is 0 Å². The van der Waals surface area contributed by atoms with E-state index < -0.39 is 0 Å². The number of aromatic nitrogens is 2. The first-order valence-corrected chi connectivity index (χ1v) is 6.71. The number of nitrogens with zero attached hydrogens (tertiary/aromatic N) is 2. The van der Waals surface area contributed by atoms with Crippen molar-refractivity contribution in [1.82, 2.24) is 9.78 Å². The number of hydrogen-bond acceptors (Lipinski definition) is 3. The van der Waals surface area contributed by atoms with Crippen molar-refractivity contribution in [2.75, 3.05) is 0 Å². The molecule has 1 heterocycles. The van der Waals surface area contributed by atoms with Crippen molar-refractivity contribution in [2.45, 2.75) is 32.9 Å². The van der Waals surface area contributed by atoms with Crippen molar-refractivity contribution in [3.63, 3.8) is 0 Å². The van der Waals surface area contributed by atoms with Crippen molar-refractivity contribution < 1.29 is 9.13 Å². The Bertz CT molecular complexity index is 593. The van der Waals surface area contributed by atoms with Crippen LogP contribution in [0.25, 0.3) is 0 Å². The molecular weight excluding hydrogens is 257 g/mol. The Hall–Kier alpha value is -1.88. The van der Waals surface area contributed by atoms with Gasteiger partial charge in [0.15, 0.2) is 0 Å². The molecule has 1 aromatic heterocycles. The summed E-state index contributed by atoms with van der Waals surface area (Å²) in [6.07, 6.45) is 0.881. The second-order valence-electron chi connectivity index (χ2n) is 4.86. The van der Waals surface area contributed by atoms with Crippen LogP contribution in [0.15, 0.2) is 24.3 Å². The lowest BCUT2D eigenvalue weighted by atomic mass is 10.1. The van der Waals surface area contributed by atoms with Gasteiger partial charge in [-0.3, -0.25) is 4.68 Å². The minimum Gasteiger partial charge on any atom is -0.487 e. The largest absolute Gasteiger partial charge is 0.487 e. The van der Waals surface area contributed by atoms with Crippen LogP contribution >= 0.6 is 0 Å². The van der Waals surface area contributed by atoms with E-state index in [0.717, 1.165) is 17.8 Å². The zero-order valence-electron chi connectivity index (χ0n) is 12.1. The molecule has 108 valence electrons. The Kier molecular flexibility index (Phi) is 4.39. The molecule has 4 nitrogen and oxygen atoms in total. The average molecular weight is 277 g/mol. The maximum absolute atomic E-state index is 13.8. The van der Waals surface area contributed by atoms with Gasteiger partial charge < -0.3 is 10.5 Å². The molecule has 1 atom stereocenters. The van der Waals surface area contributed by atoms with Crippen LogP contribution in [0, 0.1) is 5.82 Å². The van der Waals surface area contributed by atoms with Crippen LogP contribution in [-0.2, 0) is 20.1 Å². The van der Waals surface area contributed by atoms with E-state index in [9.17, 15) is 4.39 Å². The summed E-state index contributed by atoms with van der Waals surface area (Å²) in [4.78, 5) is 0. The van der Waals surface area contributed by atoms with Crippen LogP contribution < -0.4 is 10.5 Å². The molecule has 0 fully saturated rings. The van der Waals surface area contributed by atoms with Gasteiger partial charge in [-0.15, -0.1) is 0 Å². The SMILES string of the molecule is CCc1cc(COc2ccc([C@H](C)N)c(F)c2)n(C)n1. The first-order chi connectivity index (χ1) is 9.51. The maximum atomic E-state index is 13.8. The average Bonchev–Trinajstić information content (AvgIpc) is 2.76. The quantitative estimate of drug-likeness (QED) is 0.914. The summed E-state index contributed by atoms with van der Waals surface area (Å²) in [6, 6.07) is 6.44. The molecule has 0 aliphatic heterocycles. The van der Waals surface area contributed by atoms with Crippen LogP contribution in [-0.4, -0.2) is 9.78 Å². The topological polar surface area (TPSA) is 53.1 Å². The third kappa shape index (κ3) is 3.17. The van der Waals surface area contributed by atoms with Crippen molar-refractivity contribution in [1.29, 1.82) is 0 Å². The normalized spacial score (nSPS) is 12.4. The molecule has 0 saturated carbocycles. The molecule has 5 heteroatoms. The fourth-order valence-corrected chi connectivity index (χ4v) is 2.00. The summed E-state index contributed by atoms with van der Waals surface area (Å²) < 4.78 is 21.2. The lowest BCUT2D eigenvalue weighted by Gasteiger charge is -2.10. The van der Waals surface area contributed by atoms with Gasteiger partial charge in [0, 0.05) is 24.7 Å². The molecule has 2 N–H and O–H groups in total. The highest BCUT2D eigenvalue weighted by Gasteiger charge is 2.09. The molecule has 20 heavy (non-hydrogen) atoms. The molecular formula is C15H20FN3O. The second kappa shape index (κ2) is 6.05. The number of rotatable bonds is 5. The Morgan fingerprint density at radius 3 is 2.70 bits per heavy atom. The third-order valence-electron chi connectivity index (χ3n) is 3.24. The summed E-state index contributed by atoms with van der Waals surface area (Å²) >= 11 is 0. The molecule has 0 spiro atoms. The van der Waals surface area contributed by atoms with E-state index in [0.29, 0.717) is 17.9 Å². The summed E-state index contributed by atoms with van der Waals surface area (Å²) in [5, 5.41) is 4.34. The van der Waals surface area contributed by atoms with Crippen molar-refractivity contribution in [2.24, 2.45) is 12.8 Å². The van der Waals surface area contributed by atoms with Gasteiger partial charge in [-0.25, -0.2) is 4.39 Å². The molecule has 2 aromatic rings. The van der Waals surface area contributed by atoms with Crippen LogP contribution in [0.3, 0.4) is 0 Å². The van der Waals surface area contributed by atoms with E-state index in [1.54, 1.807) is 23.7 Å². The van der Waals surface area contributed by atoms with E-state index in [4.69, 9.17) is 10.5 Å². The number of aryl methyl sites for hydroxylation is 2. The van der Waals surface area contributed by atoms with E-state index >= 15 is 0 Å². The van der Waals surface area contributed by atoms with Crippen LogP contribution in [0.1, 0.15) is 36.8 Å². The van der Waals surface area contributed by atoms with Gasteiger partial charge in [0.2, 0.25) is 0 Å². The molecule has 0 unspecified atom stereocenters. The van der Waals surface area contributed by atoms with Gasteiger partial charge in [0.05, 0.1) is 11.4 Å². The Labute approximate surface area is 118 Å². The number of benzene rings is 1. The van der Waals surface area contributed by atoms with E-state index in [1.807, 2.05) is 13.1 Å². The Morgan fingerprint density at radius 1 is 1.40 bits per heavy atom. The minimum absolute atomic E-state index is 0.326. The highest BCUT2D eigenvalue weighted by Crippen LogP contribution is 2.21. The number of halogens is 1. The molecule has 0 saturated heterocycles. The van der Waals surface area contributed by atoms with Gasteiger partial charge in [-0.2, -0.15) is 5.10 Å². The molecule has 0 aliphatic carbocycles. The lowest BCUT2D eigenvalue weighted by Crippen LogP contribution is -2.08. The summed E-state index contributed by atoms with van der Waals surface area (Å²) in [5.41, 5.74) is 8.14. The zero-order chi connectivity index (χ0) is 14.7. The predicted octanol–water partition coefficient (Wildman–Crippen LogP) is 2.72. The maximum Gasteiger partial charge on any atom is 0.131 e. The molecule has 2 rings (SSSR count). The first kappa shape index (κ1) is 14.5. The Morgan fingerprint density at radius 2 is 2.15 bits per heavy atom. The highest BCUT2D eigenvalue weighted by molar-refractivity contribution is 5.30. The number of nitrogens with two attached hydrogens (primary N) is 1. The second-order valence-corrected chi connectivity index (χ2v) is 4.86. The zero-order valence-corrected chi connectivity index (χ0v) is 12.1. The number of hydrogen-bond donors (Lipinski definition) is 1. The van der Waals surface area contributed by atoms with Gasteiger partial charge >= 0.3 is 0 Å². The molecule has 1 aromatic carbocycles. The summed E-state index contributed by atoms with van der Waals surface area (Å²) in [6.45, 7) is 4.16. The summed E-state index contributed by atoms with van der Waals surface area (Å²) in [7, 11) is 1.87. The van der Waals surface area contributed by atoms with Gasteiger partial charge in [-0.1, -0.05) is 13.0 Å². The predicted molar refractivity (Wildman–Crippen MR) is 75.9 cm³/mol. The minimum atomic E-state index is -0.336. The van der Waals surface area contributed by atoms with E-state index in [2.05, 4.69) is 12.0 Å². The van der Waals surface area contributed by atoms with Gasteiger partial charge in [-0.05, 0) is 25.5 Å². The fraction of sp³-hybridized carbons (Fsp3) is 0.400. The third-order valence-corrected chi connectivity index (χ3v) is 3.24. The Balaban J connectivity index is 2.07. The molecule has 0 amide bonds. The van der Waals surface area contributed by atoms with Crippen molar-refractivity contribution >= 4 is 0 Å². The van der Waals surface area contributed by atoms with Crippen LogP contribution in [0.4, 0.5) is 4.39 Å². The molecule has 0 aliphatic rings. The lowest BCUT2D eigenvalue weighted by molar-refractivity contribution is 0.293.